The molecule has 0 fully saturated rings. The van der Waals surface area contributed by atoms with Crippen molar-refractivity contribution in [1.29, 1.82) is 0 Å². The highest BCUT2D eigenvalue weighted by Gasteiger charge is 2.10. The normalized spacial score (nSPS) is 10.5. The van der Waals surface area contributed by atoms with Crippen molar-refractivity contribution in [3.63, 3.8) is 0 Å². The number of aromatic nitrogens is 5. The minimum absolute atomic E-state index is 0.822. The molecule has 0 aliphatic carbocycles. The Labute approximate surface area is 73.2 Å². The van der Waals surface area contributed by atoms with Crippen molar-refractivity contribution < 1.29 is 0 Å². The summed E-state index contributed by atoms with van der Waals surface area (Å²) in [4.78, 5) is 0.981. The number of hydrogen-bond donors (Lipinski definition) is 0. The van der Waals surface area contributed by atoms with Crippen LogP contribution < -0.4 is 0 Å². The summed E-state index contributed by atoms with van der Waals surface area (Å²) in [5, 5.41) is 11.6. The fourth-order valence-corrected chi connectivity index (χ4v) is 1.61. The Bertz CT molecular complexity index is 352. The van der Waals surface area contributed by atoms with Crippen molar-refractivity contribution in [1.82, 2.24) is 24.4 Å². The van der Waals surface area contributed by atoms with Crippen LogP contribution in [0.2, 0.25) is 0 Å². The van der Waals surface area contributed by atoms with Crippen molar-refractivity contribution in [2.75, 3.05) is 0 Å². The van der Waals surface area contributed by atoms with Crippen molar-refractivity contribution in [3.8, 4) is 10.7 Å². The van der Waals surface area contributed by atoms with Crippen LogP contribution in [0.1, 0.15) is 5.69 Å². The molecule has 0 aromatic carbocycles. The molecule has 12 heavy (non-hydrogen) atoms. The fourth-order valence-electron chi connectivity index (χ4n) is 0.925. The van der Waals surface area contributed by atoms with E-state index in [4.69, 9.17) is 0 Å². The Balaban J connectivity index is 2.57. The summed E-state index contributed by atoms with van der Waals surface area (Å²) < 4.78 is 5.68. The maximum Gasteiger partial charge on any atom is 0.177 e. The SMILES string of the molecule is Cc1nnsc1-c1nncn1C. The van der Waals surface area contributed by atoms with Gasteiger partial charge >= 0.3 is 0 Å². The topological polar surface area (TPSA) is 56.5 Å². The third-order valence-corrected chi connectivity index (χ3v) is 2.39. The van der Waals surface area contributed by atoms with Gasteiger partial charge < -0.3 is 4.57 Å². The van der Waals surface area contributed by atoms with Crippen LogP contribution in [0.3, 0.4) is 0 Å². The standard InChI is InChI=1S/C6H7N5S/c1-4-5(12-10-8-4)6-9-7-3-11(6)2/h3H,1-2H3. The van der Waals surface area contributed by atoms with Gasteiger partial charge in [0.1, 0.15) is 11.2 Å². The smallest absolute Gasteiger partial charge is 0.177 e. The van der Waals surface area contributed by atoms with Crippen LogP contribution in [-0.4, -0.2) is 24.4 Å². The van der Waals surface area contributed by atoms with E-state index in [0.29, 0.717) is 0 Å². The quantitative estimate of drug-likeness (QED) is 0.648. The van der Waals surface area contributed by atoms with Gasteiger partial charge in [-0.05, 0) is 18.5 Å². The third-order valence-electron chi connectivity index (χ3n) is 1.57. The molecule has 2 aromatic rings. The highest BCUT2D eigenvalue weighted by Crippen LogP contribution is 2.21. The molecule has 2 aromatic heterocycles. The van der Waals surface area contributed by atoms with E-state index < -0.39 is 0 Å². The summed E-state index contributed by atoms with van der Waals surface area (Å²) in [6.07, 6.45) is 1.66. The Morgan fingerprint density at radius 1 is 1.42 bits per heavy atom. The first-order valence-electron chi connectivity index (χ1n) is 3.42. The van der Waals surface area contributed by atoms with Gasteiger partial charge in [-0.25, -0.2) is 0 Å². The minimum Gasteiger partial charge on any atom is -0.316 e. The third kappa shape index (κ3) is 1.00. The highest BCUT2D eigenvalue weighted by atomic mass is 32.1. The lowest BCUT2D eigenvalue weighted by atomic mass is 10.4. The summed E-state index contributed by atoms with van der Waals surface area (Å²) in [6.45, 7) is 1.91. The van der Waals surface area contributed by atoms with Gasteiger partial charge in [0.15, 0.2) is 5.82 Å². The molecule has 0 radical (unpaired) electrons. The van der Waals surface area contributed by atoms with Crippen molar-refractivity contribution >= 4 is 11.5 Å². The lowest BCUT2D eigenvalue weighted by Crippen LogP contribution is -1.90. The number of hydrogen-bond acceptors (Lipinski definition) is 5. The lowest BCUT2D eigenvalue weighted by Gasteiger charge is -1.94. The van der Waals surface area contributed by atoms with Gasteiger partial charge in [-0.3, -0.25) is 0 Å². The number of rotatable bonds is 1. The van der Waals surface area contributed by atoms with E-state index in [1.54, 1.807) is 6.33 Å². The lowest BCUT2D eigenvalue weighted by molar-refractivity contribution is 0.919. The van der Waals surface area contributed by atoms with Crippen molar-refractivity contribution in [2.24, 2.45) is 7.05 Å². The van der Waals surface area contributed by atoms with Crippen LogP contribution in [0.25, 0.3) is 10.7 Å². The molecule has 0 saturated heterocycles. The zero-order chi connectivity index (χ0) is 8.55. The molecule has 5 nitrogen and oxygen atoms in total. The zero-order valence-corrected chi connectivity index (χ0v) is 7.54. The number of aryl methyl sites for hydroxylation is 2. The molecule has 0 spiro atoms. The summed E-state index contributed by atoms with van der Waals surface area (Å²) in [7, 11) is 1.90. The summed E-state index contributed by atoms with van der Waals surface area (Å²) in [5.74, 6) is 0.822. The first-order chi connectivity index (χ1) is 5.79. The van der Waals surface area contributed by atoms with Crippen molar-refractivity contribution in [3.05, 3.63) is 12.0 Å². The predicted molar refractivity (Wildman–Crippen MR) is 44.6 cm³/mol. The second-order valence-electron chi connectivity index (χ2n) is 2.45. The molecular weight excluding hydrogens is 174 g/mol. The monoisotopic (exact) mass is 181 g/mol. The minimum atomic E-state index is 0.822. The van der Waals surface area contributed by atoms with E-state index in [0.717, 1.165) is 16.4 Å². The molecule has 0 saturated carbocycles. The average Bonchev–Trinajstić information content (AvgIpc) is 2.59. The van der Waals surface area contributed by atoms with Crippen LogP contribution in [0.5, 0.6) is 0 Å². The van der Waals surface area contributed by atoms with Gasteiger partial charge in [0.25, 0.3) is 0 Å². The van der Waals surface area contributed by atoms with E-state index in [-0.39, 0.29) is 0 Å². The maximum atomic E-state index is 3.96. The highest BCUT2D eigenvalue weighted by molar-refractivity contribution is 7.09. The molecule has 0 bridgehead atoms. The summed E-state index contributed by atoms with van der Waals surface area (Å²) in [5.41, 5.74) is 0.899. The molecule has 0 atom stereocenters. The molecule has 0 N–H and O–H groups in total. The van der Waals surface area contributed by atoms with Gasteiger partial charge in [0.2, 0.25) is 0 Å². The average molecular weight is 181 g/mol. The molecule has 62 valence electrons. The van der Waals surface area contributed by atoms with E-state index in [1.165, 1.54) is 11.5 Å². The second kappa shape index (κ2) is 2.63. The predicted octanol–water partition coefficient (Wildman–Crippen LogP) is 0.642. The summed E-state index contributed by atoms with van der Waals surface area (Å²) >= 11 is 1.34. The molecule has 2 rings (SSSR count). The van der Waals surface area contributed by atoms with Crippen LogP contribution in [-0.2, 0) is 7.05 Å². The molecule has 0 amide bonds. The first-order valence-corrected chi connectivity index (χ1v) is 4.19. The van der Waals surface area contributed by atoms with Gasteiger partial charge in [0.05, 0.1) is 5.69 Å². The van der Waals surface area contributed by atoms with Gasteiger partial charge in [-0.15, -0.1) is 15.3 Å². The van der Waals surface area contributed by atoms with Crippen LogP contribution in [0.4, 0.5) is 0 Å². The molecule has 0 aliphatic heterocycles. The Kier molecular flexibility index (Phi) is 1.61. The Morgan fingerprint density at radius 3 is 2.75 bits per heavy atom. The Morgan fingerprint density at radius 2 is 2.25 bits per heavy atom. The first kappa shape index (κ1) is 7.35. The van der Waals surface area contributed by atoms with E-state index in [2.05, 4.69) is 19.8 Å². The molecule has 0 unspecified atom stereocenters. The van der Waals surface area contributed by atoms with Crippen LogP contribution >= 0.6 is 11.5 Å². The van der Waals surface area contributed by atoms with Gasteiger partial charge in [-0.1, -0.05) is 4.49 Å². The number of nitrogens with zero attached hydrogens (tertiary/aromatic N) is 5. The van der Waals surface area contributed by atoms with E-state index in [1.807, 2.05) is 18.5 Å². The molecule has 0 aliphatic rings. The van der Waals surface area contributed by atoms with Crippen LogP contribution in [0.15, 0.2) is 6.33 Å². The molecular formula is C6H7N5S. The van der Waals surface area contributed by atoms with Crippen LogP contribution in [0, 0.1) is 6.92 Å². The summed E-state index contributed by atoms with van der Waals surface area (Å²) in [6, 6.07) is 0. The van der Waals surface area contributed by atoms with Gasteiger partial charge in [0, 0.05) is 7.05 Å². The fraction of sp³-hybridized carbons (Fsp3) is 0.333. The maximum absolute atomic E-state index is 3.96. The van der Waals surface area contributed by atoms with Gasteiger partial charge in [-0.2, -0.15) is 0 Å². The van der Waals surface area contributed by atoms with E-state index in [9.17, 15) is 0 Å². The molecule has 6 heteroatoms. The largest absolute Gasteiger partial charge is 0.316 e. The second-order valence-corrected chi connectivity index (χ2v) is 3.21. The zero-order valence-electron chi connectivity index (χ0n) is 6.72. The molecule has 2 heterocycles. The van der Waals surface area contributed by atoms with E-state index >= 15 is 0 Å². The Hall–Kier alpha value is -1.30. The van der Waals surface area contributed by atoms with Crippen molar-refractivity contribution in [2.45, 2.75) is 6.92 Å².